The van der Waals surface area contributed by atoms with Crippen LogP contribution in [0, 0.1) is 0 Å². The predicted octanol–water partition coefficient (Wildman–Crippen LogP) is 5.88. The molecule has 118 valence electrons. The first-order valence-electron chi connectivity index (χ1n) is 4.49. The van der Waals surface area contributed by atoms with E-state index in [-0.39, 0.29) is 0 Å². The minimum absolute atomic E-state index is 3.19. The van der Waals surface area contributed by atoms with E-state index in [9.17, 15) is 27.8 Å². The summed E-state index contributed by atoms with van der Waals surface area (Å²) in [5, 5.41) is 19.0. The van der Waals surface area contributed by atoms with Crippen LogP contribution in [0.25, 0.3) is 0 Å². The van der Waals surface area contributed by atoms with Crippen molar-refractivity contribution in [2.45, 2.75) is 23.5 Å². The Balaban J connectivity index is 2.91. The molecule has 2 heterocycles. The van der Waals surface area contributed by atoms with Gasteiger partial charge >= 0.3 is 11.8 Å². The van der Waals surface area contributed by atoms with Crippen molar-refractivity contribution in [1.29, 1.82) is 0 Å². The molecule has 5 nitrogen and oxygen atoms in total. The Morgan fingerprint density at radius 1 is 0.750 bits per heavy atom. The second-order valence-electron chi connectivity index (χ2n) is 3.86. The molecule has 2 N–H and O–H groups in total. The van der Waals surface area contributed by atoms with Crippen molar-refractivity contribution in [3.05, 3.63) is 0 Å². The van der Waals surface area contributed by atoms with E-state index in [1.165, 1.54) is 0 Å². The molecule has 0 aromatic rings. The number of rotatable bonds is 0. The van der Waals surface area contributed by atoms with Crippen molar-refractivity contribution in [3.8, 4) is 0 Å². The van der Waals surface area contributed by atoms with Gasteiger partial charge in [-0.25, -0.2) is 4.52 Å². The fraction of sp³-hybridized carbons (Fsp3) is 1.00. The number of aliphatic hydroxyl groups excluding tert-OH is 2. The van der Waals surface area contributed by atoms with Gasteiger partial charge in [-0.05, 0) is 45.0 Å². The van der Waals surface area contributed by atoms with Crippen molar-refractivity contribution in [1.82, 2.24) is 0 Å². The van der Waals surface area contributed by atoms with Crippen molar-refractivity contribution < 1.29 is 27.8 Å². The number of hydrogen-bond donors (Lipinski definition) is 2. The maximum absolute atomic E-state index is 13.7. The lowest BCUT2D eigenvalue weighted by molar-refractivity contribution is -0.256. The van der Waals surface area contributed by atoms with Crippen LogP contribution in [0.5, 0.6) is 0 Å². The summed E-state index contributed by atoms with van der Waals surface area (Å²) in [5.41, 5.74) is 0. The van der Waals surface area contributed by atoms with Gasteiger partial charge < -0.3 is 10.2 Å². The number of fused-ring (bicyclic) bond motifs is 1. The van der Waals surface area contributed by atoms with E-state index in [1.54, 1.807) is 0 Å². The fourth-order valence-electron chi connectivity index (χ4n) is 1.48. The van der Waals surface area contributed by atoms with Crippen LogP contribution in [-0.2, 0) is 0 Å². The molecule has 0 spiro atoms. The van der Waals surface area contributed by atoms with E-state index >= 15 is 0 Å². The van der Waals surface area contributed by atoms with Crippen molar-refractivity contribution >= 4 is 64.0 Å². The van der Waals surface area contributed by atoms with Crippen LogP contribution in [0.4, 0.5) is 17.6 Å². The van der Waals surface area contributed by atoms with E-state index < -0.39 is 42.6 Å². The largest absolute Gasteiger partial charge is 0.378 e. The summed E-state index contributed by atoms with van der Waals surface area (Å²) < 4.78 is 64.7. The number of hydrogen-bond acceptors (Lipinski definition) is 5. The topological polar surface area (TPSA) is 77.5 Å². The molecule has 2 aliphatic rings. The molecule has 2 rings (SSSR count). The summed E-state index contributed by atoms with van der Waals surface area (Å²) >= 11 is 22.5. The highest BCUT2D eigenvalue weighted by molar-refractivity contribution is 8.18. The second kappa shape index (κ2) is 4.75. The summed E-state index contributed by atoms with van der Waals surface area (Å²) in [6.45, 7) is -8.75. The summed E-state index contributed by atoms with van der Waals surface area (Å²) in [5.74, 6) is -20.4. The van der Waals surface area contributed by atoms with E-state index in [0.717, 1.165) is 0 Å². The predicted molar refractivity (Wildman–Crippen MR) is 73.4 cm³/mol. The zero-order valence-corrected chi connectivity index (χ0v) is 14.5. The van der Waals surface area contributed by atoms with Crippen LogP contribution in [0.1, 0.15) is 0 Å². The average molecular weight is 437 g/mol. The van der Waals surface area contributed by atoms with E-state index in [2.05, 4.69) is 13.5 Å². The van der Waals surface area contributed by atoms with Crippen LogP contribution < -0.4 is 0 Å². The highest BCUT2D eigenvalue weighted by Gasteiger charge is 2.73. The molecular weight excluding hydrogens is 433 g/mol. The van der Waals surface area contributed by atoms with Gasteiger partial charge in [0.1, 0.15) is 0 Å². The quantitative estimate of drug-likeness (QED) is 0.367. The minimum atomic E-state index is -5.13. The lowest BCUT2D eigenvalue weighted by Gasteiger charge is -2.31. The zero-order chi connectivity index (χ0) is 15.8. The number of nitrogens with zero attached hydrogens (tertiary/aromatic N) is 3. The van der Waals surface area contributed by atoms with Gasteiger partial charge in [-0.2, -0.15) is 26.6 Å². The SMILES string of the molecule is OC1C(F)(F)C(F)(F)C(O)P2(Cl)=NP1(Cl)=NP(Cl)(Cl)=N2. The van der Waals surface area contributed by atoms with Gasteiger partial charge in [0, 0.05) is 0 Å². The summed E-state index contributed by atoms with van der Waals surface area (Å²) in [4.78, 5) is 0. The third-order valence-corrected chi connectivity index (χ3v) is 16.0. The monoisotopic (exact) mass is 435 g/mol. The third-order valence-electron chi connectivity index (χ3n) is 2.43. The van der Waals surface area contributed by atoms with Gasteiger partial charge in [-0.3, -0.25) is 0 Å². The van der Waals surface area contributed by atoms with Crippen molar-refractivity contribution in [2.75, 3.05) is 0 Å². The molecule has 0 saturated carbocycles. The van der Waals surface area contributed by atoms with E-state index in [1.807, 2.05) is 0 Å². The van der Waals surface area contributed by atoms with Gasteiger partial charge in [-0.15, -0.1) is 0 Å². The first-order valence-corrected chi connectivity index (χ1v) is 13.3. The molecule has 0 fully saturated rings. The van der Waals surface area contributed by atoms with Gasteiger partial charge in [0.2, 0.25) is 13.1 Å². The van der Waals surface area contributed by atoms with E-state index in [0.29, 0.717) is 0 Å². The first kappa shape index (κ1) is 17.8. The molecule has 2 aliphatic heterocycles. The molecule has 0 aromatic carbocycles. The normalized spacial score (nSPS) is 48.3. The number of alkyl halides is 4. The molecule has 4 atom stereocenters. The smallest absolute Gasteiger partial charge is 0.346 e. The van der Waals surface area contributed by atoms with Gasteiger partial charge in [-0.1, -0.05) is 0 Å². The molecule has 2 bridgehead atoms. The third kappa shape index (κ3) is 2.42. The second-order valence-corrected chi connectivity index (χ2v) is 16.5. The van der Waals surface area contributed by atoms with Crippen LogP contribution in [-0.4, -0.2) is 33.7 Å². The molecule has 0 aliphatic carbocycles. The molecule has 0 radical (unpaired) electrons. The Morgan fingerprint density at radius 3 is 1.50 bits per heavy atom. The van der Waals surface area contributed by atoms with E-state index in [4.69, 9.17) is 45.0 Å². The number of aliphatic hydroxyl groups is 2. The Labute approximate surface area is 129 Å². The van der Waals surface area contributed by atoms with Crippen LogP contribution in [0.2, 0.25) is 0 Å². The number of halogens is 8. The maximum Gasteiger partial charge on any atom is 0.346 e. The van der Waals surface area contributed by atoms with Crippen molar-refractivity contribution in [3.63, 3.8) is 0 Å². The Kier molecular flexibility index (Phi) is 4.23. The summed E-state index contributed by atoms with van der Waals surface area (Å²) in [6.07, 6.45) is 0. The molecule has 0 amide bonds. The van der Waals surface area contributed by atoms with Gasteiger partial charge in [0.15, 0.2) is 11.7 Å². The average Bonchev–Trinajstić information content (AvgIpc) is 2.23. The van der Waals surface area contributed by atoms with Gasteiger partial charge in [0.25, 0.3) is 5.91 Å². The highest BCUT2D eigenvalue weighted by atomic mass is 35.9. The molecule has 16 heteroatoms. The van der Waals surface area contributed by atoms with Crippen molar-refractivity contribution in [2.24, 2.45) is 13.5 Å². The molecule has 0 saturated heterocycles. The Hall–Kier alpha value is 1.49. The Bertz CT molecular complexity index is 625. The molecule has 4 unspecified atom stereocenters. The standard InChI is InChI=1S/C4H4Cl4F4N3O2P3/c5-18-1(16)3(9,10)4(11,12)2(17)19(6,13-18)15-20(7,8)14-18/h1-2,16-17H. The minimum Gasteiger partial charge on any atom is -0.378 e. The molecular formula is C4H4Cl4F4N3O2P3. The highest BCUT2D eigenvalue weighted by Crippen LogP contribution is 2.90. The van der Waals surface area contributed by atoms with Crippen LogP contribution in [0.15, 0.2) is 13.5 Å². The lowest BCUT2D eigenvalue weighted by Crippen LogP contribution is -2.53. The van der Waals surface area contributed by atoms with Crippen LogP contribution in [0.3, 0.4) is 0 Å². The first-order chi connectivity index (χ1) is 8.68. The zero-order valence-electron chi connectivity index (χ0n) is 8.76. The summed E-state index contributed by atoms with van der Waals surface area (Å²) in [6, 6.07) is 0. The maximum atomic E-state index is 13.7. The molecule has 20 heavy (non-hydrogen) atoms. The van der Waals surface area contributed by atoms with Gasteiger partial charge in [0.05, 0.1) is 0 Å². The van der Waals surface area contributed by atoms with Crippen LogP contribution >= 0.6 is 64.0 Å². The summed E-state index contributed by atoms with van der Waals surface area (Å²) in [7, 11) is 0. The Morgan fingerprint density at radius 2 is 1.10 bits per heavy atom. The fourth-order valence-corrected chi connectivity index (χ4v) is 19.1. The lowest BCUT2D eigenvalue weighted by atomic mass is 10.2. The molecule has 0 aromatic heterocycles.